The van der Waals surface area contributed by atoms with Crippen LogP contribution in [0, 0.1) is 0 Å². The highest BCUT2D eigenvalue weighted by Crippen LogP contribution is 2.38. The van der Waals surface area contributed by atoms with Gasteiger partial charge in [0.05, 0.1) is 12.2 Å². The number of ether oxygens (including phenoxy) is 2. The quantitative estimate of drug-likeness (QED) is 0.234. The summed E-state index contributed by atoms with van der Waals surface area (Å²) >= 11 is 0. The molecule has 0 radical (unpaired) electrons. The Balaban J connectivity index is 1.71. The maximum Gasteiger partial charge on any atom is 0.229 e. The van der Waals surface area contributed by atoms with E-state index in [2.05, 4.69) is 0 Å². The zero-order valence-corrected chi connectivity index (χ0v) is 20.0. The Hall–Kier alpha value is -3.61. The van der Waals surface area contributed by atoms with Crippen molar-refractivity contribution >= 4 is 11.0 Å². The van der Waals surface area contributed by atoms with Crippen LogP contribution < -0.4 is 10.2 Å². The number of rotatable bonds is 6. The molecule has 4 rings (SSSR count). The summed E-state index contributed by atoms with van der Waals surface area (Å²) in [5.74, 6) is -1.06. The van der Waals surface area contributed by atoms with Crippen molar-refractivity contribution in [3.8, 4) is 34.1 Å². The highest BCUT2D eigenvalue weighted by atomic mass is 16.7. The van der Waals surface area contributed by atoms with E-state index in [4.69, 9.17) is 13.9 Å². The average Bonchev–Trinajstić information content (AvgIpc) is 2.84. The van der Waals surface area contributed by atoms with Crippen LogP contribution in [0.3, 0.4) is 0 Å². The molecule has 5 unspecified atom stereocenters. The van der Waals surface area contributed by atoms with Gasteiger partial charge in [-0.3, -0.25) is 4.79 Å². The Labute approximate surface area is 210 Å². The van der Waals surface area contributed by atoms with Gasteiger partial charge in [-0.1, -0.05) is 11.6 Å². The molecule has 11 nitrogen and oxygen atoms in total. The topological polar surface area (TPSA) is 190 Å². The molecule has 1 aromatic heterocycles. The maximum atomic E-state index is 13.3. The Morgan fingerprint density at radius 3 is 2.41 bits per heavy atom. The van der Waals surface area contributed by atoms with Gasteiger partial charge in [-0.2, -0.15) is 0 Å². The molecule has 7 N–H and O–H groups in total. The Kier molecular flexibility index (Phi) is 7.44. The summed E-state index contributed by atoms with van der Waals surface area (Å²) in [6, 6.07) is 5.03. The van der Waals surface area contributed by atoms with E-state index in [0.717, 1.165) is 17.9 Å². The molecule has 11 heteroatoms. The first-order valence-corrected chi connectivity index (χ1v) is 11.5. The van der Waals surface area contributed by atoms with Crippen LogP contribution in [0.4, 0.5) is 0 Å². The molecule has 0 amide bonds. The van der Waals surface area contributed by atoms with E-state index in [0.29, 0.717) is 0 Å². The Morgan fingerprint density at radius 1 is 1.00 bits per heavy atom. The van der Waals surface area contributed by atoms with E-state index in [1.165, 1.54) is 18.2 Å². The van der Waals surface area contributed by atoms with E-state index in [9.17, 15) is 40.5 Å². The smallest absolute Gasteiger partial charge is 0.229 e. The van der Waals surface area contributed by atoms with Crippen LogP contribution in [-0.4, -0.2) is 73.1 Å². The summed E-state index contributed by atoms with van der Waals surface area (Å²) in [6.45, 7) is 3.09. The highest BCUT2D eigenvalue weighted by Gasteiger charge is 2.44. The molecule has 1 aliphatic heterocycles. The second-order valence-electron chi connectivity index (χ2n) is 9.05. The van der Waals surface area contributed by atoms with Crippen LogP contribution in [0.2, 0.25) is 0 Å². The molecular weight excluding hydrogens is 488 g/mol. The fraction of sp³-hybridized carbons (Fsp3) is 0.346. The van der Waals surface area contributed by atoms with Crippen LogP contribution in [0.15, 0.2) is 51.4 Å². The van der Waals surface area contributed by atoms with E-state index in [1.54, 1.807) is 0 Å². The van der Waals surface area contributed by atoms with E-state index >= 15 is 0 Å². The minimum atomic E-state index is -1.68. The summed E-state index contributed by atoms with van der Waals surface area (Å²) < 4.78 is 16.4. The van der Waals surface area contributed by atoms with Crippen LogP contribution in [0.5, 0.6) is 23.0 Å². The third-order valence-electron chi connectivity index (χ3n) is 6.19. The van der Waals surface area contributed by atoms with Crippen LogP contribution in [0.25, 0.3) is 22.1 Å². The number of allylic oxidation sites excluding steroid dienone is 2. The summed E-state index contributed by atoms with van der Waals surface area (Å²) in [5.41, 5.74) is 0.503. The summed E-state index contributed by atoms with van der Waals surface area (Å²) in [6.07, 6.45) is -4.48. The third kappa shape index (κ3) is 4.99. The molecule has 0 spiro atoms. The predicted molar refractivity (Wildman–Crippen MR) is 130 cm³/mol. The molecule has 198 valence electrons. The van der Waals surface area contributed by atoms with Crippen molar-refractivity contribution in [1.29, 1.82) is 0 Å². The average molecular weight is 516 g/mol. The molecule has 2 aromatic carbocycles. The van der Waals surface area contributed by atoms with Crippen molar-refractivity contribution < 1.29 is 49.6 Å². The zero-order chi connectivity index (χ0) is 27.0. The lowest BCUT2D eigenvalue weighted by Gasteiger charge is -2.39. The SMILES string of the molecule is CC(C)=CCc1c(O)ccc(-c2coc3cc(OC4OC(CO)C(O)C(O)C4O)cc(O)c3c2=O)c1O. The number of phenolic OH excluding ortho intramolecular Hbond substituents is 3. The van der Waals surface area contributed by atoms with E-state index in [-0.39, 0.29) is 51.3 Å². The second-order valence-corrected chi connectivity index (χ2v) is 9.05. The minimum Gasteiger partial charge on any atom is -0.508 e. The minimum absolute atomic E-state index is 0.0543. The lowest BCUT2D eigenvalue weighted by molar-refractivity contribution is -0.277. The van der Waals surface area contributed by atoms with Gasteiger partial charge < -0.3 is 49.6 Å². The van der Waals surface area contributed by atoms with Crippen molar-refractivity contribution in [2.45, 2.75) is 51.0 Å². The second kappa shape index (κ2) is 10.4. The summed E-state index contributed by atoms with van der Waals surface area (Å²) in [7, 11) is 0. The molecule has 2 heterocycles. The first kappa shape index (κ1) is 26.5. The molecule has 1 saturated heterocycles. The van der Waals surface area contributed by atoms with Gasteiger partial charge >= 0.3 is 0 Å². The first-order chi connectivity index (χ1) is 17.5. The molecule has 1 aliphatic rings. The van der Waals surface area contributed by atoms with Crippen LogP contribution in [-0.2, 0) is 11.2 Å². The molecule has 3 aromatic rings. The van der Waals surface area contributed by atoms with Gasteiger partial charge in [0.15, 0.2) is 0 Å². The fourth-order valence-corrected chi connectivity index (χ4v) is 4.11. The normalized spacial score (nSPS) is 23.7. The lowest BCUT2D eigenvalue weighted by Crippen LogP contribution is -2.60. The predicted octanol–water partition coefficient (Wildman–Crippen LogP) is 1.26. The van der Waals surface area contributed by atoms with Gasteiger partial charge in [0.25, 0.3) is 0 Å². The van der Waals surface area contributed by atoms with E-state index in [1.807, 2.05) is 19.9 Å². The first-order valence-electron chi connectivity index (χ1n) is 11.5. The number of phenols is 3. The van der Waals surface area contributed by atoms with Gasteiger partial charge in [0.2, 0.25) is 11.7 Å². The summed E-state index contributed by atoms with van der Waals surface area (Å²) in [4.78, 5) is 13.3. The van der Waals surface area contributed by atoms with Gasteiger partial charge in [-0.05, 0) is 32.4 Å². The molecule has 1 fully saturated rings. The van der Waals surface area contributed by atoms with Gasteiger partial charge in [-0.25, -0.2) is 0 Å². The van der Waals surface area contributed by atoms with Crippen molar-refractivity contribution in [2.75, 3.05) is 6.61 Å². The molecule has 37 heavy (non-hydrogen) atoms. The fourth-order valence-electron chi connectivity index (χ4n) is 4.11. The van der Waals surface area contributed by atoms with Gasteiger partial charge in [0, 0.05) is 23.3 Å². The number of hydrogen-bond donors (Lipinski definition) is 7. The number of aliphatic hydroxyl groups is 4. The number of fused-ring (bicyclic) bond motifs is 1. The largest absolute Gasteiger partial charge is 0.508 e. The number of aliphatic hydroxyl groups excluding tert-OH is 4. The van der Waals surface area contributed by atoms with Crippen LogP contribution >= 0.6 is 0 Å². The maximum absolute atomic E-state index is 13.3. The van der Waals surface area contributed by atoms with Crippen molar-refractivity contribution in [2.24, 2.45) is 0 Å². The lowest BCUT2D eigenvalue weighted by atomic mass is 9.98. The number of aromatic hydroxyl groups is 3. The highest BCUT2D eigenvalue weighted by molar-refractivity contribution is 5.89. The number of hydrogen-bond acceptors (Lipinski definition) is 11. The van der Waals surface area contributed by atoms with E-state index < -0.39 is 48.5 Å². The molecule has 0 bridgehead atoms. The van der Waals surface area contributed by atoms with Crippen LogP contribution in [0.1, 0.15) is 19.4 Å². The Bertz CT molecular complexity index is 1390. The van der Waals surface area contributed by atoms with Crippen molar-refractivity contribution in [3.05, 3.63) is 58.0 Å². The van der Waals surface area contributed by atoms with Gasteiger partial charge in [0.1, 0.15) is 64.6 Å². The zero-order valence-electron chi connectivity index (χ0n) is 20.0. The van der Waals surface area contributed by atoms with Crippen molar-refractivity contribution in [3.63, 3.8) is 0 Å². The van der Waals surface area contributed by atoms with Gasteiger partial charge in [-0.15, -0.1) is 0 Å². The third-order valence-corrected chi connectivity index (χ3v) is 6.19. The molecule has 5 atom stereocenters. The molecule has 0 saturated carbocycles. The van der Waals surface area contributed by atoms with Crippen molar-refractivity contribution in [1.82, 2.24) is 0 Å². The Morgan fingerprint density at radius 2 is 1.73 bits per heavy atom. The molecular formula is C26H28O11. The summed E-state index contributed by atoms with van der Waals surface area (Å²) in [5, 5.41) is 70.8. The standard InChI is InChI=1S/C26H28O11/c1-11(2)3-4-14-16(28)6-5-13(21(14)30)15-10-35-18-8-12(7-17(29)20(18)22(15)31)36-26-25(34)24(33)23(32)19(9-27)37-26/h3,5-8,10,19,23-30,32-34H,4,9H2,1-2H3. The molecule has 0 aliphatic carbocycles. The monoisotopic (exact) mass is 516 g/mol. The number of benzene rings is 2.